The number of pyridine rings is 3. The Morgan fingerprint density at radius 1 is 0.566 bits per heavy atom. The molecule has 0 atom stereocenters. The molecule has 6 aromatic rings. The Kier molecular flexibility index (Phi) is 12.4. The van der Waals surface area contributed by atoms with Crippen LogP contribution in [-0.2, 0) is 30.6 Å². The zero-order valence-corrected chi connectivity index (χ0v) is 42.9. The Balaban J connectivity index is 0.000000122. The topological polar surface area (TPSA) is 187 Å². The van der Waals surface area contributed by atoms with Crippen molar-refractivity contribution in [2.75, 3.05) is 37.2 Å². The number of hydrogen-bond acceptors (Lipinski definition) is 9. The number of hydrogen-bond donors (Lipinski definition) is 3. The summed E-state index contributed by atoms with van der Waals surface area (Å²) in [6.45, 7) is 10.1. The molecular weight excluding hydrogens is 969 g/mol. The number of aryl methyl sites for hydroxylation is 1. The first-order valence-electron chi connectivity index (χ1n) is 25.8. The third-order valence-electron chi connectivity index (χ3n) is 15.5. The van der Waals surface area contributed by atoms with Crippen molar-refractivity contribution in [3.63, 3.8) is 0 Å². The minimum atomic E-state index is -0.669. The first-order valence-corrected chi connectivity index (χ1v) is 25.8. The van der Waals surface area contributed by atoms with Gasteiger partial charge < -0.3 is 30.7 Å². The number of nitrogens with one attached hydrogen (secondary N) is 3. The highest BCUT2D eigenvalue weighted by Gasteiger charge is 2.61. The predicted molar refractivity (Wildman–Crippen MR) is 284 cm³/mol. The average Bonchev–Trinajstić information content (AvgIpc) is 4.34. The summed E-state index contributed by atoms with van der Waals surface area (Å²) in [7, 11) is 0. The second-order valence-electron chi connectivity index (χ2n) is 22.0. The van der Waals surface area contributed by atoms with Gasteiger partial charge >= 0.3 is 0 Å². The number of nitrogens with zero attached hydrogens (tertiary/aromatic N) is 6. The number of rotatable bonds is 10. The van der Waals surface area contributed by atoms with E-state index in [0.717, 1.165) is 103 Å². The lowest BCUT2D eigenvalue weighted by molar-refractivity contribution is -0.122. The van der Waals surface area contributed by atoms with E-state index in [2.05, 4.69) is 30.9 Å². The summed E-state index contributed by atoms with van der Waals surface area (Å²) in [4.78, 5) is 92.6. The van der Waals surface area contributed by atoms with Crippen LogP contribution >= 0.6 is 0 Å². The molecule has 3 N–H and O–H groups in total. The molecule has 388 valence electrons. The van der Waals surface area contributed by atoms with Crippen molar-refractivity contribution in [1.82, 2.24) is 15.0 Å². The van der Waals surface area contributed by atoms with Gasteiger partial charge in [-0.3, -0.25) is 43.7 Å². The van der Waals surface area contributed by atoms with E-state index in [1.807, 2.05) is 78.8 Å². The highest BCUT2D eigenvalue weighted by molar-refractivity contribution is 6.13. The predicted octanol–water partition coefficient (Wildman–Crippen LogP) is 9.95. The van der Waals surface area contributed by atoms with Crippen LogP contribution in [0.4, 0.5) is 42.9 Å². The molecule has 0 saturated heterocycles. The van der Waals surface area contributed by atoms with Gasteiger partial charge in [0.1, 0.15) is 0 Å². The van der Waals surface area contributed by atoms with E-state index in [1.54, 1.807) is 49.6 Å². The standard InChI is InChI=1S/2C20H20FN3O2.C19H17N3O2/c1-11-8-14(16(21)10-22-11)18(25)23-12-4-7-15-17(9-12)24(13-5-6-13)19(26)20(15,2)3;1-20(2)15-6-5-13(23-18(25)14-7-8-22-10-16(14)21)9-17(15)24(19(20)26)11-12-3-4-12;23-17(12-5-9-20-10-6-12)21-13-1-4-15-16(11-13)22(14-2-3-14)18(24)19(15)7-8-19/h4,7-10,13H,5-6H2,1-3H3,(H,23,25);5-10,12H,3-4,11H2,1-2H3,(H,23,25);1,4-6,9-11,14H,2-3,7-8H2,(H,21,23). The van der Waals surface area contributed by atoms with Gasteiger partial charge in [0.25, 0.3) is 17.7 Å². The lowest BCUT2D eigenvalue weighted by atomic mass is 9.86. The van der Waals surface area contributed by atoms with Crippen molar-refractivity contribution in [3.05, 3.63) is 161 Å². The second kappa shape index (κ2) is 18.9. The van der Waals surface area contributed by atoms with E-state index < -0.39 is 34.3 Å². The first-order chi connectivity index (χ1) is 36.3. The van der Waals surface area contributed by atoms with E-state index in [4.69, 9.17) is 0 Å². The maximum Gasteiger partial charge on any atom is 0.258 e. The Morgan fingerprint density at radius 2 is 1.07 bits per heavy atom. The summed E-state index contributed by atoms with van der Waals surface area (Å²) in [5, 5.41) is 8.37. The Morgan fingerprint density at radius 3 is 1.64 bits per heavy atom. The fourth-order valence-electron chi connectivity index (χ4n) is 10.6. The number of aromatic nitrogens is 3. The lowest BCUT2D eigenvalue weighted by Crippen LogP contribution is -2.37. The van der Waals surface area contributed by atoms with Crippen molar-refractivity contribution < 1.29 is 37.5 Å². The molecule has 4 saturated carbocycles. The van der Waals surface area contributed by atoms with Crippen LogP contribution in [0.15, 0.2) is 110 Å². The minimum absolute atomic E-state index is 0.0477. The van der Waals surface area contributed by atoms with E-state index in [1.165, 1.54) is 18.3 Å². The van der Waals surface area contributed by atoms with Crippen molar-refractivity contribution in [1.29, 1.82) is 0 Å². The zero-order chi connectivity index (χ0) is 53.4. The summed E-state index contributed by atoms with van der Waals surface area (Å²) >= 11 is 0. The molecule has 0 unspecified atom stereocenters. The monoisotopic (exact) mass is 1030 g/mol. The summed E-state index contributed by atoms with van der Waals surface area (Å²) in [6, 6.07) is 23.5. The number of amides is 6. The van der Waals surface area contributed by atoms with Crippen LogP contribution in [0, 0.1) is 24.5 Å². The Labute approximate surface area is 438 Å². The molecule has 0 radical (unpaired) electrons. The van der Waals surface area contributed by atoms with Crippen LogP contribution in [0.3, 0.4) is 0 Å². The molecule has 4 fully saturated rings. The molecule has 76 heavy (non-hydrogen) atoms. The molecule has 15 nitrogen and oxygen atoms in total. The number of anilines is 6. The van der Waals surface area contributed by atoms with Gasteiger partial charge in [-0.05, 0) is 169 Å². The molecule has 3 aliphatic heterocycles. The van der Waals surface area contributed by atoms with Gasteiger partial charge in [-0.25, -0.2) is 8.78 Å². The van der Waals surface area contributed by atoms with Crippen LogP contribution in [0.5, 0.6) is 0 Å². The number of halogens is 2. The van der Waals surface area contributed by atoms with Crippen LogP contribution in [0.2, 0.25) is 0 Å². The Hall–Kier alpha value is -8.21. The summed E-state index contributed by atoms with van der Waals surface area (Å²) in [5.41, 5.74) is 7.14. The van der Waals surface area contributed by atoms with Crippen molar-refractivity contribution in [2.24, 2.45) is 5.92 Å². The summed E-state index contributed by atoms with van der Waals surface area (Å²) in [6.07, 6.45) is 15.0. The number of carbonyl (C=O) groups excluding carboxylic acids is 6. The highest BCUT2D eigenvalue weighted by atomic mass is 19.1. The SMILES string of the molecule is CC1(C)C(=O)N(CC2CC2)c2cc(NC(=O)c3ccncc3F)ccc21.Cc1cc(C(=O)Nc2ccc3c(c2)N(C2CC2)C(=O)C3(C)C)c(F)cn1.O=C(Nc1ccc2c(c1)N(C1CC1)C(=O)C21CC1)c1ccncc1. The molecular formula is C59H57F2N9O6. The minimum Gasteiger partial charge on any atom is -0.322 e. The van der Waals surface area contributed by atoms with E-state index >= 15 is 0 Å². The van der Waals surface area contributed by atoms with E-state index in [9.17, 15) is 37.5 Å². The largest absolute Gasteiger partial charge is 0.322 e. The van der Waals surface area contributed by atoms with Gasteiger partial charge in [-0.15, -0.1) is 0 Å². The summed E-state index contributed by atoms with van der Waals surface area (Å²) < 4.78 is 27.6. The smallest absolute Gasteiger partial charge is 0.258 e. The second-order valence-corrected chi connectivity index (χ2v) is 22.0. The fourth-order valence-corrected chi connectivity index (χ4v) is 10.6. The van der Waals surface area contributed by atoms with Crippen LogP contribution in [-0.4, -0.2) is 69.0 Å². The molecule has 6 amide bonds. The molecule has 0 bridgehead atoms. The third kappa shape index (κ3) is 9.25. The van der Waals surface area contributed by atoms with Crippen LogP contribution in [0.25, 0.3) is 0 Å². The molecule has 4 aliphatic carbocycles. The fraction of sp³-hybridized carbons (Fsp3) is 0.339. The van der Waals surface area contributed by atoms with Gasteiger partial charge in [-0.1, -0.05) is 18.2 Å². The first kappa shape index (κ1) is 50.0. The van der Waals surface area contributed by atoms with Gasteiger partial charge in [-0.2, -0.15) is 0 Å². The lowest BCUT2D eigenvalue weighted by Gasteiger charge is -2.20. The normalized spacial score (nSPS) is 18.7. The summed E-state index contributed by atoms with van der Waals surface area (Å²) in [5.74, 6) is -1.57. The molecule has 3 aromatic heterocycles. The average molecular weight is 1030 g/mol. The molecule has 3 aromatic carbocycles. The number of fused-ring (bicyclic) bond motifs is 4. The van der Waals surface area contributed by atoms with Crippen molar-refractivity contribution in [2.45, 2.75) is 114 Å². The molecule has 6 heterocycles. The van der Waals surface area contributed by atoms with Gasteiger partial charge in [0.05, 0.1) is 51.1 Å². The third-order valence-corrected chi connectivity index (χ3v) is 15.5. The molecule has 1 spiro atoms. The molecule has 17 heteroatoms. The highest BCUT2D eigenvalue weighted by Crippen LogP contribution is 2.59. The van der Waals surface area contributed by atoms with Crippen molar-refractivity contribution in [3.8, 4) is 0 Å². The maximum atomic E-state index is 13.9. The Bertz CT molecular complexity index is 3400. The van der Waals surface area contributed by atoms with Crippen LogP contribution < -0.4 is 30.7 Å². The van der Waals surface area contributed by atoms with Gasteiger partial charge in [0.15, 0.2) is 11.6 Å². The van der Waals surface area contributed by atoms with Gasteiger partial charge in [0, 0.05) is 71.2 Å². The van der Waals surface area contributed by atoms with Crippen molar-refractivity contribution >= 4 is 69.6 Å². The number of benzene rings is 3. The van der Waals surface area contributed by atoms with E-state index in [-0.39, 0.29) is 46.2 Å². The maximum absolute atomic E-state index is 13.9. The quantitative estimate of drug-likeness (QED) is 0.120. The molecule has 13 rings (SSSR count). The number of carbonyl (C=O) groups is 6. The van der Waals surface area contributed by atoms with E-state index in [0.29, 0.717) is 41.1 Å². The zero-order valence-electron chi connectivity index (χ0n) is 42.9. The molecule has 7 aliphatic rings. The van der Waals surface area contributed by atoms with Crippen LogP contribution in [0.1, 0.15) is 133 Å². The van der Waals surface area contributed by atoms with Gasteiger partial charge in [0.2, 0.25) is 17.7 Å².